The number of aryl methyl sites for hydroxylation is 1. The maximum absolute atomic E-state index is 10.9. The Morgan fingerprint density at radius 2 is 2.20 bits per heavy atom. The van der Waals surface area contributed by atoms with Crippen LogP contribution in [0.15, 0.2) is 18.2 Å². The molecule has 0 aromatic heterocycles. The molecule has 1 aromatic rings. The van der Waals surface area contributed by atoms with Gasteiger partial charge >= 0.3 is 5.97 Å². The predicted octanol–water partition coefficient (Wildman–Crippen LogP) is 1.01. The SMILES string of the molecule is COC(=O)COc1c(C)cccc1CN. The minimum atomic E-state index is -0.402. The van der Waals surface area contributed by atoms with E-state index in [4.69, 9.17) is 10.5 Å². The number of benzene rings is 1. The van der Waals surface area contributed by atoms with E-state index in [-0.39, 0.29) is 6.61 Å². The van der Waals surface area contributed by atoms with Crippen molar-refractivity contribution in [1.29, 1.82) is 0 Å². The van der Waals surface area contributed by atoms with E-state index in [9.17, 15) is 4.79 Å². The molecule has 1 rings (SSSR count). The zero-order chi connectivity index (χ0) is 11.3. The van der Waals surface area contributed by atoms with Gasteiger partial charge in [-0.25, -0.2) is 4.79 Å². The molecule has 15 heavy (non-hydrogen) atoms. The molecule has 0 aliphatic heterocycles. The maximum atomic E-state index is 10.9. The van der Waals surface area contributed by atoms with Crippen molar-refractivity contribution >= 4 is 5.97 Å². The fourth-order valence-corrected chi connectivity index (χ4v) is 1.27. The highest BCUT2D eigenvalue weighted by molar-refractivity contribution is 5.71. The summed E-state index contributed by atoms with van der Waals surface area (Å²) in [6.45, 7) is 2.21. The van der Waals surface area contributed by atoms with Gasteiger partial charge in [0, 0.05) is 12.1 Å². The van der Waals surface area contributed by atoms with Crippen LogP contribution in [0, 0.1) is 6.92 Å². The second-order valence-corrected chi connectivity index (χ2v) is 3.13. The number of para-hydroxylation sites is 1. The molecule has 4 nitrogen and oxygen atoms in total. The molecule has 0 saturated heterocycles. The molecule has 4 heteroatoms. The lowest BCUT2D eigenvalue weighted by molar-refractivity contribution is -0.142. The Kier molecular flexibility index (Phi) is 4.12. The third-order valence-corrected chi connectivity index (χ3v) is 2.08. The number of hydrogen-bond acceptors (Lipinski definition) is 4. The first-order chi connectivity index (χ1) is 7.19. The van der Waals surface area contributed by atoms with Crippen LogP contribution in [-0.2, 0) is 16.1 Å². The van der Waals surface area contributed by atoms with Crippen molar-refractivity contribution in [2.45, 2.75) is 13.5 Å². The fourth-order valence-electron chi connectivity index (χ4n) is 1.27. The lowest BCUT2D eigenvalue weighted by Gasteiger charge is -2.11. The molecular weight excluding hydrogens is 194 g/mol. The van der Waals surface area contributed by atoms with Crippen LogP contribution in [0.1, 0.15) is 11.1 Å². The van der Waals surface area contributed by atoms with E-state index in [2.05, 4.69) is 4.74 Å². The lowest BCUT2D eigenvalue weighted by Crippen LogP contribution is -2.14. The Labute approximate surface area is 89.0 Å². The average molecular weight is 209 g/mol. The van der Waals surface area contributed by atoms with Gasteiger partial charge in [-0.05, 0) is 12.5 Å². The quantitative estimate of drug-likeness (QED) is 0.752. The monoisotopic (exact) mass is 209 g/mol. The van der Waals surface area contributed by atoms with E-state index in [1.807, 2.05) is 25.1 Å². The fraction of sp³-hybridized carbons (Fsp3) is 0.364. The van der Waals surface area contributed by atoms with Gasteiger partial charge in [-0.2, -0.15) is 0 Å². The first-order valence-electron chi connectivity index (χ1n) is 4.67. The van der Waals surface area contributed by atoms with E-state index in [1.54, 1.807) is 0 Å². The van der Waals surface area contributed by atoms with Gasteiger partial charge in [0.25, 0.3) is 0 Å². The zero-order valence-electron chi connectivity index (χ0n) is 8.95. The highest BCUT2D eigenvalue weighted by Crippen LogP contribution is 2.22. The minimum Gasteiger partial charge on any atom is -0.481 e. The second kappa shape index (κ2) is 5.36. The Bertz CT molecular complexity index is 350. The van der Waals surface area contributed by atoms with E-state index in [0.717, 1.165) is 11.1 Å². The van der Waals surface area contributed by atoms with E-state index < -0.39 is 5.97 Å². The number of hydrogen-bond donors (Lipinski definition) is 1. The number of nitrogens with two attached hydrogens (primary N) is 1. The summed E-state index contributed by atoms with van der Waals surface area (Å²) >= 11 is 0. The van der Waals surface area contributed by atoms with E-state index in [0.29, 0.717) is 12.3 Å². The molecule has 0 spiro atoms. The van der Waals surface area contributed by atoms with Gasteiger partial charge in [-0.15, -0.1) is 0 Å². The van der Waals surface area contributed by atoms with Crippen LogP contribution < -0.4 is 10.5 Å². The number of methoxy groups -OCH3 is 1. The van der Waals surface area contributed by atoms with E-state index >= 15 is 0 Å². The molecule has 0 heterocycles. The van der Waals surface area contributed by atoms with Crippen LogP contribution in [0.25, 0.3) is 0 Å². The van der Waals surface area contributed by atoms with Gasteiger partial charge in [-0.3, -0.25) is 0 Å². The summed E-state index contributed by atoms with van der Waals surface area (Å²) in [6, 6.07) is 5.69. The molecule has 0 bridgehead atoms. The molecule has 82 valence electrons. The Hall–Kier alpha value is -1.55. The molecule has 2 N–H and O–H groups in total. The average Bonchev–Trinajstić information content (AvgIpc) is 2.26. The molecule has 0 aliphatic carbocycles. The molecule has 0 unspecified atom stereocenters. The third-order valence-electron chi connectivity index (χ3n) is 2.08. The van der Waals surface area contributed by atoms with Gasteiger partial charge in [0.15, 0.2) is 6.61 Å². The van der Waals surface area contributed by atoms with Crippen LogP contribution in [0.4, 0.5) is 0 Å². The number of rotatable bonds is 4. The molecule has 0 aliphatic rings. The number of carbonyl (C=O) groups excluding carboxylic acids is 1. The van der Waals surface area contributed by atoms with Gasteiger partial charge in [0.2, 0.25) is 0 Å². The zero-order valence-corrected chi connectivity index (χ0v) is 8.95. The van der Waals surface area contributed by atoms with Crippen LogP contribution in [0.3, 0.4) is 0 Å². The molecule has 0 fully saturated rings. The molecule has 1 aromatic carbocycles. The van der Waals surface area contributed by atoms with Crippen LogP contribution in [0.5, 0.6) is 5.75 Å². The first-order valence-corrected chi connectivity index (χ1v) is 4.67. The molecule has 0 amide bonds. The van der Waals surface area contributed by atoms with E-state index in [1.165, 1.54) is 7.11 Å². The predicted molar refractivity (Wildman–Crippen MR) is 56.6 cm³/mol. The number of esters is 1. The van der Waals surface area contributed by atoms with Crippen molar-refractivity contribution < 1.29 is 14.3 Å². The summed E-state index contributed by atoms with van der Waals surface area (Å²) in [7, 11) is 1.33. The number of ether oxygens (including phenoxy) is 2. The Balaban J connectivity index is 2.78. The molecule has 0 atom stereocenters. The van der Waals surface area contributed by atoms with Crippen molar-refractivity contribution in [2.75, 3.05) is 13.7 Å². The van der Waals surface area contributed by atoms with Crippen molar-refractivity contribution in [3.05, 3.63) is 29.3 Å². The summed E-state index contributed by atoms with van der Waals surface area (Å²) in [5.74, 6) is 0.270. The second-order valence-electron chi connectivity index (χ2n) is 3.13. The standard InChI is InChI=1S/C11H15NO3/c1-8-4-3-5-9(6-12)11(8)15-7-10(13)14-2/h3-5H,6-7,12H2,1-2H3. The normalized spacial score (nSPS) is 9.80. The highest BCUT2D eigenvalue weighted by atomic mass is 16.6. The van der Waals surface area contributed by atoms with Gasteiger partial charge in [-0.1, -0.05) is 18.2 Å². The lowest BCUT2D eigenvalue weighted by atomic mass is 10.1. The molecule has 0 saturated carbocycles. The summed E-state index contributed by atoms with van der Waals surface area (Å²) in [5.41, 5.74) is 7.41. The molecule has 0 radical (unpaired) electrons. The summed E-state index contributed by atoms with van der Waals surface area (Å²) in [5, 5.41) is 0. The summed E-state index contributed by atoms with van der Waals surface area (Å²) in [6.07, 6.45) is 0. The minimum absolute atomic E-state index is 0.0889. The first kappa shape index (κ1) is 11.5. The smallest absolute Gasteiger partial charge is 0.343 e. The van der Waals surface area contributed by atoms with Crippen LogP contribution >= 0.6 is 0 Å². The van der Waals surface area contributed by atoms with Gasteiger partial charge in [0.05, 0.1) is 7.11 Å². The van der Waals surface area contributed by atoms with Crippen LogP contribution in [0.2, 0.25) is 0 Å². The number of carbonyl (C=O) groups is 1. The highest BCUT2D eigenvalue weighted by Gasteiger charge is 2.08. The molecular formula is C11H15NO3. The van der Waals surface area contributed by atoms with Crippen LogP contribution in [-0.4, -0.2) is 19.7 Å². The van der Waals surface area contributed by atoms with Gasteiger partial charge < -0.3 is 15.2 Å². The topological polar surface area (TPSA) is 61.5 Å². The van der Waals surface area contributed by atoms with Crippen molar-refractivity contribution in [3.63, 3.8) is 0 Å². The van der Waals surface area contributed by atoms with Crippen molar-refractivity contribution in [2.24, 2.45) is 5.73 Å². The summed E-state index contributed by atoms with van der Waals surface area (Å²) < 4.78 is 9.85. The largest absolute Gasteiger partial charge is 0.481 e. The Morgan fingerprint density at radius 3 is 2.80 bits per heavy atom. The Morgan fingerprint density at radius 1 is 1.47 bits per heavy atom. The third kappa shape index (κ3) is 2.95. The van der Waals surface area contributed by atoms with Crippen molar-refractivity contribution in [1.82, 2.24) is 0 Å². The summed E-state index contributed by atoms with van der Waals surface area (Å²) in [4.78, 5) is 10.9. The maximum Gasteiger partial charge on any atom is 0.343 e. The van der Waals surface area contributed by atoms with Crippen molar-refractivity contribution in [3.8, 4) is 5.75 Å². The van der Waals surface area contributed by atoms with Gasteiger partial charge in [0.1, 0.15) is 5.75 Å².